The molecule has 0 radical (unpaired) electrons. The number of ether oxygens (including phenoxy) is 1. The van der Waals surface area contributed by atoms with Gasteiger partial charge < -0.3 is 10.1 Å². The highest BCUT2D eigenvalue weighted by Crippen LogP contribution is 2.35. The normalized spacial score (nSPS) is 18.0. The Hall–Kier alpha value is -0.580. The van der Waals surface area contributed by atoms with Gasteiger partial charge >= 0.3 is 0 Å². The van der Waals surface area contributed by atoms with Crippen molar-refractivity contribution in [3.8, 4) is 5.75 Å². The zero-order valence-electron chi connectivity index (χ0n) is 13.9. The van der Waals surface area contributed by atoms with E-state index in [0.29, 0.717) is 6.04 Å². The van der Waals surface area contributed by atoms with Crippen LogP contribution in [0.25, 0.3) is 0 Å². The molecule has 1 heterocycles. The Balaban J connectivity index is 2.28. The minimum Gasteiger partial charge on any atom is -0.494 e. The number of hydrogen-bond donors (Lipinski definition) is 1. The molecule has 4 heteroatoms. The van der Waals surface area contributed by atoms with Gasteiger partial charge in [-0.05, 0) is 44.5 Å². The van der Waals surface area contributed by atoms with Crippen LogP contribution in [0.4, 0.5) is 0 Å². The van der Waals surface area contributed by atoms with Crippen LogP contribution in [0.1, 0.15) is 51.1 Å². The van der Waals surface area contributed by atoms with E-state index in [1.165, 1.54) is 37.8 Å². The van der Waals surface area contributed by atoms with Gasteiger partial charge in [0.15, 0.2) is 0 Å². The van der Waals surface area contributed by atoms with E-state index in [0.717, 1.165) is 36.5 Å². The second kappa shape index (κ2) is 9.53. The molecule has 1 saturated heterocycles. The topological polar surface area (TPSA) is 24.5 Å². The Morgan fingerprint density at radius 2 is 2.14 bits per heavy atom. The maximum Gasteiger partial charge on any atom is 0.124 e. The SMILES string of the molecule is CCCCC(c1cc(Br)ccc1OCC)N1CCCNCC1. The summed E-state index contributed by atoms with van der Waals surface area (Å²) in [6.07, 6.45) is 4.92. The average Bonchev–Trinajstić information content (AvgIpc) is 2.79. The maximum atomic E-state index is 5.91. The Morgan fingerprint density at radius 1 is 1.27 bits per heavy atom. The summed E-state index contributed by atoms with van der Waals surface area (Å²) in [6, 6.07) is 6.90. The van der Waals surface area contributed by atoms with Crippen molar-refractivity contribution in [3.63, 3.8) is 0 Å². The van der Waals surface area contributed by atoms with Gasteiger partial charge in [-0.1, -0.05) is 35.7 Å². The van der Waals surface area contributed by atoms with Crippen molar-refractivity contribution in [3.05, 3.63) is 28.2 Å². The molecule has 0 spiro atoms. The maximum absolute atomic E-state index is 5.91. The number of halogens is 1. The summed E-state index contributed by atoms with van der Waals surface area (Å²) >= 11 is 3.64. The number of hydrogen-bond acceptors (Lipinski definition) is 3. The van der Waals surface area contributed by atoms with Gasteiger partial charge in [-0.25, -0.2) is 0 Å². The fourth-order valence-corrected chi connectivity index (χ4v) is 3.56. The van der Waals surface area contributed by atoms with Gasteiger partial charge in [-0.2, -0.15) is 0 Å². The van der Waals surface area contributed by atoms with Crippen molar-refractivity contribution in [2.45, 2.75) is 45.6 Å². The zero-order valence-corrected chi connectivity index (χ0v) is 15.5. The van der Waals surface area contributed by atoms with Gasteiger partial charge in [-0.3, -0.25) is 4.90 Å². The van der Waals surface area contributed by atoms with Crippen molar-refractivity contribution in [2.75, 3.05) is 32.8 Å². The van der Waals surface area contributed by atoms with E-state index >= 15 is 0 Å². The molecule has 1 atom stereocenters. The second-order valence-corrected chi connectivity index (χ2v) is 6.83. The fourth-order valence-electron chi connectivity index (χ4n) is 3.18. The molecule has 124 valence electrons. The number of nitrogens with zero attached hydrogens (tertiary/aromatic N) is 1. The van der Waals surface area contributed by atoms with Gasteiger partial charge in [0.2, 0.25) is 0 Å². The summed E-state index contributed by atoms with van der Waals surface area (Å²) in [5.41, 5.74) is 1.34. The first kappa shape index (κ1) is 17.8. The van der Waals surface area contributed by atoms with Gasteiger partial charge in [0.1, 0.15) is 5.75 Å². The van der Waals surface area contributed by atoms with Crippen molar-refractivity contribution in [1.82, 2.24) is 10.2 Å². The zero-order chi connectivity index (χ0) is 15.8. The van der Waals surface area contributed by atoms with Crippen molar-refractivity contribution < 1.29 is 4.74 Å². The lowest BCUT2D eigenvalue weighted by Gasteiger charge is -2.32. The van der Waals surface area contributed by atoms with Crippen LogP contribution < -0.4 is 10.1 Å². The summed E-state index contributed by atoms with van der Waals surface area (Å²) < 4.78 is 7.05. The van der Waals surface area contributed by atoms with Crippen LogP contribution in [0.3, 0.4) is 0 Å². The highest BCUT2D eigenvalue weighted by Gasteiger charge is 2.24. The quantitative estimate of drug-likeness (QED) is 0.772. The van der Waals surface area contributed by atoms with Crippen LogP contribution in [0.15, 0.2) is 22.7 Å². The molecule has 22 heavy (non-hydrogen) atoms. The molecular weight excluding hydrogens is 340 g/mol. The first-order valence-electron chi connectivity index (χ1n) is 8.63. The van der Waals surface area contributed by atoms with Crippen molar-refractivity contribution >= 4 is 15.9 Å². The molecule has 0 aromatic heterocycles. The summed E-state index contributed by atoms with van der Waals surface area (Å²) in [5, 5.41) is 3.51. The first-order valence-corrected chi connectivity index (χ1v) is 9.42. The molecule has 0 aliphatic carbocycles. The number of benzene rings is 1. The lowest BCUT2D eigenvalue weighted by molar-refractivity contribution is 0.191. The molecule has 2 rings (SSSR count). The van der Waals surface area contributed by atoms with E-state index < -0.39 is 0 Å². The molecule has 1 aliphatic heterocycles. The molecule has 1 aromatic rings. The van der Waals surface area contributed by atoms with Gasteiger partial charge in [0.05, 0.1) is 6.61 Å². The Labute approximate surface area is 143 Å². The van der Waals surface area contributed by atoms with Crippen molar-refractivity contribution in [1.29, 1.82) is 0 Å². The third-order valence-electron chi connectivity index (χ3n) is 4.28. The Morgan fingerprint density at radius 3 is 2.91 bits per heavy atom. The fraction of sp³-hybridized carbons (Fsp3) is 0.667. The Bertz CT molecular complexity index is 445. The lowest BCUT2D eigenvalue weighted by atomic mass is 9.98. The summed E-state index contributed by atoms with van der Waals surface area (Å²) in [5.74, 6) is 1.05. The Kier molecular flexibility index (Phi) is 7.70. The highest BCUT2D eigenvalue weighted by atomic mass is 79.9. The summed E-state index contributed by atoms with van der Waals surface area (Å²) in [7, 11) is 0. The van der Waals surface area contributed by atoms with Crippen LogP contribution in [-0.2, 0) is 0 Å². The molecule has 3 nitrogen and oxygen atoms in total. The minimum atomic E-state index is 0.457. The lowest BCUT2D eigenvalue weighted by Crippen LogP contribution is -2.32. The number of nitrogens with one attached hydrogen (secondary N) is 1. The van der Waals surface area contributed by atoms with E-state index in [-0.39, 0.29) is 0 Å². The van der Waals surface area contributed by atoms with Crippen LogP contribution in [0.2, 0.25) is 0 Å². The molecule has 1 N–H and O–H groups in total. The van der Waals surface area contributed by atoms with Crippen LogP contribution in [-0.4, -0.2) is 37.7 Å². The predicted octanol–water partition coefficient (Wildman–Crippen LogP) is 4.37. The summed E-state index contributed by atoms with van der Waals surface area (Å²) in [6.45, 7) is 9.55. The van der Waals surface area contributed by atoms with Crippen LogP contribution in [0, 0.1) is 0 Å². The van der Waals surface area contributed by atoms with Gasteiger partial charge in [0, 0.05) is 35.7 Å². The molecule has 0 bridgehead atoms. The van der Waals surface area contributed by atoms with Gasteiger partial charge in [0.25, 0.3) is 0 Å². The predicted molar refractivity (Wildman–Crippen MR) is 96.6 cm³/mol. The number of unbranched alkanes of at least 4 members (excludes halogenated alkanes) is 1. The highest BCUT2D eigenvalue weighted by molar-refractivity contribution is 9.10. The molecule has 0 amide bonds. The van der Waals surface area contributed by atoms with E-state index in [1.54, 1.807) is 0 Å². The van der Waals surface area contributed by atoms with E-state index in [9.17, 15) is 0 Å². The monoisotopic (exact) mass is 368 g/mol. The van der Waals surface area contributed by atoms with Crippen LogP contribution in [0.5, 0.6) is 5.75 Å². The first-order chi connectivity index (χ1) is 10.8. The molecule has 1 unspecified atom stereocenters. The second-order valence-electron chi connectivity index (χ2n) is 5.91. The summed E-state index contributed by atoms with van der Waals surface area (Å²) in [4.78, 5) is 2.64. The van der Waals surface area contributed by atoms with Crippen LogP contribution >= 0.6 is 15.9 Å². The standard InChI is InChI=1S/C18H29BrN2O/c1-3-5-7-17(21-12-6-10-20-11-13-21)16-14-15(19)8-9-18(16)22-4-2/h8-9,14,17,20H,3-7,10-13H2,1-2H3. The minimum absolute atomic E-state index is 0.457. The smallest absolute Gasteiger partial charge is 0.124 e. The van der Waals surface area contributed by atoms with E-state index in [4.69, 9.17) is 4.74 Å². The molecule has 0 saturated carbocycles. The molecular formula is C18H29BrN2O. The largest absolute Gasteiger partial charge is 0.494 e. The third kappa shape index (κ3) is 4.97. The molecule has 1 aromatic carbocycles. The molecule has 1 fully saturated rings. The van der Waals surface area contributed by atoms with E-state index in [1.807, 2.05) is 0 Å². The molecule has 1 aliphatic rings. The van der Waals surface area contributed by atoms with Crippen molar-refractivity contribution in [2.24, 2.45) is 0 Å². The van der Waals surface area contributed by atoms with E-state index in [2.05, 4.69) is 58.2 Å². The average molecular weight is 369 g/mol. The van der Waals surface area contributed by atoms with Gasteiger partial charge in [-0.15, -0.1) is 0 Å². The third-order valence-corrected chi connectivity index (χ3v) is 4.77. The number of rotatable bonds is 7.